The molecule has 0 atom stereocenters. The number of imidazole rings is 1. The zero-order valence-corrected chi connectivity index (χ0v) is 20.4. The predicted octanol–water partition coefficient (Wildman–Crippen LogP) is 3.07. The van der Waals surface area contributed by atoms with Gasteiger partial charge in [-0.3, -0.25) is 14.7 Å². The van der Waals surface area contributed by atoms with Crippen molar-refractivity contribution in [1.29, 1.82) is 0 Å². The van der Waals surface area contributed by atoms with E-state index in [2.05, 4.69) is 37.0 Å². The maximum Gasteiger partial charge on any atom is 0.225 e. The number of piperazine rings is 1. The lowest BCUT2D eigenvalue weighted by Crippen LogP contribution is -2.48. The topological polar surface area (TPSA) is 100 Å². The molecule has 2 aliphatic rings. The summed E-state index contributed by atoms with van der Waals surface area (Å²) < 4.78 is 5.41. The number of benzene rings is 1. The van der Waals surface area contributed by atoms with Crippen LogP contribution in [0.1, 0.15) is 29.9 Å². The number of amides is 1. The average molecular weight is 484 g/mol. The number of carbonyl (C=O) groups excluding carboxylic acids is 1. The van der Waals surface area contributed by atoms with E-state index in [1.54, 1.807) is 13.3 Å². The number of fused-ring (bicyclic) bond motifs is 1. The monoisotopic (exact) mass is 483 g/mol. The van der Waals surface area contributed by atoms with E-state index in [4.69, 9.17) is 9.72 Å². The number of rotatable bonds is 7. The number of hydrogen-bond donors (Lipinski definition) is 1. The number of aromatic nitrogens is 5. The largest absolute Gasteiger partial charge is 0.493 e. The van der Waals surface area contributed by atoms with Crippen LogP contribution in [0.5, 0.6) is 5.75 Å². The second-order valence-corrected chi connectivity index (χ2v) is 9.56. The van der Waals surface area contributed by atoms with Gasteiger partial charge in [0.15, 0.2) is 5.75 Å². The summed E-state index contributed by atoms with van der Waals surface area (Å²) in [6.45, 7) is 4.35. The molecule has 1 saturated carbocycles. The molecule has 9 nitrogen and oxygen atoms in total. The van der Waals surface area contributed by atoms with E-state index in [0.717, 1.165) is 79.4 Å². The molecular formula is C27H29N7O2. The van der Waals surface area contributed by atoms with E-state index in [0.29, 0.717) is 24.0 Å². The molecule has 9 heteroatoms. The molecule has 1 amide bonds. The number of aromatic amines is 1. The second-order valence-electron chi connectivity index (χ2n) is 9.56. The summed E-state index contributed by atoms with van der Waals surface area (Å²) in [6, 6.07) is 10.3. The maximum atomic E-state index is 12.3. The molecule has 1 N–H and O–H groups in total. The molecule has 4 aromatic rings. The molecule has 6 rings (SSSR count). The summed E-state index contributed by atoms with van der Waals surface area (Å²) >= 11 is 0. The van der Waals surface area contributed by atoms with Gasteiger partial charge in [-0.25, -0.2) is 15.0 Å². The van der Waals surface area contributed by atoms with Crippen LogP contribution in [0.2, 0.25) is 0 Å². The van der Waals surface area contributed by atoms with Gasteiger partial charge in [0.1, 0.15) is 17.8 Å². The Bertz CT molecular complexity index is 1390. The minimum atomic E-state index is 0.305. The molecule has 0 unspecified atom stereocenters. The number of hydrogen-bond acceptors (Lipinski definition) is 7. The Morgan fingerprint density at radius 2 is 1.97 bits per heavy atom. The van der Waals surface area contributed by atoms with Crippen molar-refractivity contribution in [1.82, 2.24) is 34.7 Å². The zero-order chi connectivity index (χ0) is 24.5. The summed E-state index contributed by atoms with van der Waals surface area (Å²) in [5.74, 6) is 2.16. The van der Waals surface area contributed by atoms with Crippen molar-refractivity contribution in [3.05, 3.63) is 66.1 Å². The first-order chi connectivity index (χ1) is 17.7. The van der Waals surface area contributed by atoms with Crippen LogP contribution in [-0.4, -0.2) is 73.9 Å². The molecule has 36 heavy (non-hydrogen) atoms. The van der Waals surface area contributed by atoms with Crippen LogP contribution in [0.3, 0.4) is 0 Å². The Morgan fingerprint density at radius 1 is 1.11 bits per heavy atom. The number of H-pyrrole nitrogens is 1. The van der Waals surface area contributed by atoms with Crippen LogP contribution < -0.4 is 4.74 Å². The minimum Gasteiger partial charge on any atom is -0.493 e. The number of pyridine rings is 1. The number of nitrogens with zero attached hydrogens (tertiary/aromatic N) is 6. The second kappa shape index (κ2) is 9.66. The Hall–Kier alpha value is -3.85. The van der Waals surface area contributed by atoms with Crippen LogP contribution in [-0.2, 0) is 17.8 Å². The maximum absolute atomic E-state index is 12.3. The standard InChI is InChI=1S/C27H29N7O2/c1-36-24-15-28-17-30-26(24)20-4-5-22-23(13-20)32-25(31-22)14-21-12-18(6-7-29-21)16-33-8-10-34(11-9-33)27(35)19-2-3-19/h4-7,12-13,15,17,19H,2-3,8-11,14,16H2,1H3,(H,31,32). The highest BCUT2D eigenvalue weighted by molar-refractivity contribution is 5.82. The van der Waals surface area contributed by atoms with Gasteiger partial charge in [0.05, 0.1) is 24.3 Å². The van der Waals surface area contributed by atoms with E-state index >= 15 is 0 Å². The number of ether oxygens (including phenoxy) is 1. The van der Waals surface area contributed by atoms with Gasteiger partial charge >= 0.3 is 0 Å². The summed E-state index contributed by atoms with van der Waals surface area (Å²) in [5.41, 5.74) is 5.74. The van der Waals surface area contributed by atoms with Gasteiger partial charge in [-0.15, -0.1) is 0 Å². The highest BCUT2D eigenvalue weighted by Gasteiger charge is 2.34. The molecule has 0 spiro atoms. The van der Waals surface area contributed by atoms with Crippen LogP contribution in [0.4, 0.5) is 0 Å². The normalized spacial score (nSPS) is 16.4. The van der Waals surface area contributed by atoms with Crippen molar-refractivity contribution < 1.29 is 9.53 Å². The lowest BCUT2D eigenvalue weighted by Gasteiger charge is -2.35. The van der Waals surface area contributed by atoms with Crippen LogP contribution >= 0.6 is 0 Å². The van der Waals surface area contributed by atoms with E-state index in [-0.39, 0.29) is 0 Å². The van der Waals surface area contributed by atoms with E-state index in [1.165, 1.54) is 11.9 Å². The molecule has 1 aliphatic heterocycles. The zero-order valence-electron chi connectivity index (χ0n) is 20.4. The third kappa shape index (κ3) is 4.79. The SMILES string of the molecule is COc1cncnc1-c1ccc2nc(Cc3cc(CN4CCN(C(=O)C5CC5)CC4)ccn3)[nH]c2c1. The van der Waals surface area contributed by atoms with Crippen molar-refractivity contribution in [2.24, 2.45) is 5.92 Å². The number of nitrogens with one attached hydrogen (secondary N) is 1. The summed E-state index contributed by atoms with van der Waals surface area (Å²) in [5, 5.41) is 0. The van der Waals surface area contributed by atoms with E-state index in [9.17, 15) is 4.79 Å². The molecule has 4 heterocycles. The first-order valence-corrected chi connectivity index (χ1v) is 12.4. The van der Waals surface area contributed by atoms with Gasteiger partial charge in [0.2, 0.25) is 5.91 Å². The predicted molar refractivity (Wildman–Crippen MR) is 135 cm³/mol. The molecule has 3 aromatic heterocycles. The Kier molecular flexibility index (Phi) is 6.06. The Labute approximate surface area is 209 Å². The lowest BCUT2D eigenvalue weighted by atomic mass is 10.1. The quantitative estimate of drug-likeness (QED) is 0.431. The van der Waals surface area contributed by atoms with Crippen molar-refractivity contribution >= 4 is 16.9 Å². The highest BCUT2D eigenvalue weighted by atomic mass is 16.5. The fraction of sp³-hybridized carbons (Fsp3) is 0.370. The molecule has 1 aromatic carbocycles. The highest BCUT2D eigenvalue weighted by Crippen LogP contribution is 2.31. The summed E-state index contributed by atoms with van der Waals surface area (Å²) in [6.07, 6.45) is 7.83. The van der Waals surface area contributed by atoms with Gasteiger partial charge < -0.3 is 14.6 Å². The smallest absolute Gasteiger partial charge is 0.225 e. The van der Waals surface area contributed by atoms with Gasteiger partial charge in [-0.2, -0.15) is 0 Å². The van der Waals surface area contributed by atoms with Gasteiger partial charge in [0.25, 0.3) is 0 Å². The van der Waals surface area contributed by atoms with Gasteiger partial charge in [0, 0.05) is 62.5 Å². The molecule has 1 aliphatic carbocycles. The van der Waals surface area contributed by atoms with Crippen molar-refractivity contribution in [2.45, 2.75) is 25.8 Å². The first-order valence-electron chi connectivity index (χ1n) is 12.4. The van der Waals surface area contributed by atoms with Crippen molar-refractivity contribution in [3.8, 4) is 17.0 Å². The minimum absolute atomic E-state index is 0.305. The van der Waals surface area contributed by atoms with Crippen LogP contribution in [0, 0.1) is 5.92 Å². The number of methoxy groups -OCH3 is 1. The molecule has 0 bridgehead atoms. The molecule has 1 saturated heterocycles. The van der Waals surface area contributed by atoms with E-state index in [1.807, 2.05) is 29.3 Å². The molecule has 0 radical (unpaired) electrons. The molecule has 2 fully saturated rings. The summed E-state index contributed by atoms with van der Waals surface area (Å²) in [4.78, 5) is 38.0. The third-order valence-corrected chi connectivity index (χ3v) is 6.95. The Balaban J connectivity index is 1.12. The molecule has 184 valence electrons. The Morgan fingerprint density at radius 3 is 2.78 bits per heavy atom. The fourth-order valence-corrected chi connectivity index (χ4v) is 4.84. The van der Waals surface area contributed by atoms with Crippen molar-refractivity contribution in [3.63, 3.8) is 0 Å². The number of carbonyl (C=O) groups is 1. The van der Waals surface area contributed by atoms with Crippen LogP contribution in [0.25, 0.3) is 22.3 Å². The van der Waals surface area contributed by atoms with Gasteiger partial charge in [-0.1, -0.05) is 6.07 Å². The van der Waals surface area contributed by atoms with Crippen molar-refractivity contribution in [2.75, 3.05) is 33.3 Å². The average Bonchev–Trinajstić information content (AvgIpc) is 3.68. The third-order valence-electron chi connectivity index (χ3n) is 6.95. The summed E-state index contributed by atoms with van der Waals surface area (Å²) in [7, 11) is 1.62. The first kappa shape index (κ1) is 22.6. The lowest BCUT2D eigenvalue weighted by molar-refractivity contribution is -0.134. The fourth-order valence-electron chi connectivity index (χ4n) is 4.84. The van der Waals surface area contributed by atoms with E-state index < -0.39 is 0 Å². The van der Waals surface area contributed by atoms with Gasteiger partial charge in [-0.05, 0) is 42.7 Å². The van der Waals surface area contributed by atoms with Crippen LogP contribution in [0.15, 0.2) is 49.1 Å². The molecular weight excluding hydrogens is 454 g/mol.